The first-order chi connectivity index (χ1) is 12.9. The van der Waals surface area contributed by atoms with Crippen molar-refractivity contribution in [2.75, 3.05) is 24.5 Å². The second-order valence-electron chi connectivity index (χ2n) is 6.41. The van der Waals surface area contributed by atoms with Gasteiger partial charge in [0.2, 0.25) is 0 Å². The Kier molecular flexibility index (Phi) is 4.47. The fourth-order valence-electron chi connectivity index (χ4n) is 3.27. The Bertz CT molecular complexity index is 974. The topological polar surface area (TPSA) is 54.2 Å². The molecule has 2 aromatic heterocycles. The smallest absolute Gasteiger partial charge is 0.420 e. The highest BCUT2D eigenvalue weighted by Gasteiger charge is 2.39. The van der Waals surface area contributed by atoms with E-state index in [9.17, 15) is 13.2 Å². The number of rotatable bonds is 2. The zero-order valence-corrected chi connectivity index (χ0v) is 15.1. The second-order valence-corrected chi connectivity index (χ2v) is 6.82. The highest BCUT2D eigenvalue weighted by atomic mass is 35.5. The lowest BCUT2D eigenvalue weighted by Gasteiger charge is -2.32. The first-order valence-corrected chi connectivity index (χ1v) is 8.83. The number of hydrogen-bond acceptors (Lipinski definition) is 5. The molecule has 27 heavy (non-hydrogen) atoms. The summed E-state index contributed by atoms with van der Waals surface area (Å²) in [6.07, 6.45) is -3.09. The second kappa shape index (κ2) is 6.69. The van der Waals surface area contributed by atoms with Crippen molar-refractivity contribution in [1.29, 1.82) is 0 Å². The molecule has 9 heteroatoms. The maximum Gasteiger partial charge on any atom is 0.420 e. The molecule has 0 spiro atoms. The van der Waals surface area contributed by atoms with E-state index in [0.29, 0.717) is 30.9 Å². The average Bonchev–Trinajstić information content (AvgIpc) is 3.05. The third-order valence-corrected chi connectivity index (χ3v) is 4.88. The van der Waals surface area contributed by atoms with Crippen molar-refractivity contribution in [3.8, 4) is 11.3 Å². The molecular weight excluding hydrogens is 381 g/mol. The molecule has 3 aromatic rings. The van der Waals surface area contributed by atoms with Crippen LogP contribution in [0.15, 0.2) is 34.9 Å². The minimum Gasteiger partial charge on any atom is -0.423 e. The molecule has 4 rings (SSSR count). The minimum atomic E-state index is -4.65. The largest absolute Gasteiger partial charge is 0.423 e. The van der Waals surface area contributed by atoms with Crippen LogP contribution in [0, 0.1) is 0 Å². The number of oxazole rings is 1. The molecule has 5 nitrogen and oxygen atoms in total. The quantitative estimate of drug-likeness (QED) is 0.697. The lowest BCUT2D eigenvalue weighted by Crippen LogP contribution is -2.50. The number of halogens is 4. The molecule has 0 unspecified atom stereocenters. The van der Waals surface area contributed by atoms with E-state index in [2.05, 4.69) is 15.3 Å². The summed E-state index contributed by atoms with van der Waals surface area (Å²) in [6.45, 7) is 3.93. The van der Waals surface area contributed by atoms with E-state index >= 15 is 0 Å². The molecule has 0 amide bonds. The number of pyridine rings is 1. The lowest BCUT2D eigenvalue weighted by atomic mass is 10.1. The van der Waals surface area contributed by atoms with E-state index in [-0.39, 0.29) is 23.2 Å². The van der Waals surface area contributed by atoms with Gasteiger partial charge in [0.25, 0.3) is 6.01 Å². The van der Waals surface area contributed by atoms with Gasteiger partial charge in [0, 0.05) is 37.4 Å². The SMILES string of the molecule is C[C@@H]1CNCCN1c1nc2c(C(F)(F)F)c(Cl)cc(-c3ccccn3)c2o1. The van der Waals surface area contributed by atoms with Gasteiger partial charge in [-0.25, -0.2) is 0 Å². The Morgan fingerprint density at radius 1 is 1.33 bits per heavy atom. The third kappa shape index (κ3) is 3.23. The van der Waals surface area contributed by atoms with Crippen molar-refractivity contribution in [3.05, 3.63) is 41.0 Å². The summed E-state index contributed by atoms with van der Waals surface area (Å²) in [4.78, 5) is 10.3. The molecule has 0 radical (unpaired) electrons. The molecule has 1 saturated heterocycles. The number of nitrogens with one attached hydrogen (secondary N) is 1. The first kappa shape index (κ1) is 18.1. The Balaban J connectivity index is 1.97. The van der Waals surface area contributed by atoms with Crippen LogP contribution in [0.2, 0.25) is 5.02 Å². The Labute approximate surface area is 158 Å². The molecule has 0 aliphatic carbocycles. The van der Waals surface area contributed by atoms with Crippen LogP contribution >= 0.6 is 11.6 Å². The van der Waals surface area contributed by atoms with Crippen molar-refractivity contribution in [2.45, 2.75) is 19.1 Å². The number of hydrogen-bond donors (Lipinski definition) is 1. The summed E-state index contributed by atoms with van der Waals surface area (Å²) in [5, 5.41) is 2.80. The van der Waals surface area contributed by atoms with E-state index in [0.717, 1.165) is 0 Å². The molecule has 1 aliphatic heterocycles. The maximum atomic E-state index is 13.6. The van der Waals surface area contributed by atoms with Crippen LogP contribution in [-0.2, 0) is 6.18 Å². The summed E-state index contributed by atoms with van der Waals surface area (Å²) in [6, 6.07) is 6.59. The number of anilines is 1. The minimum absolute atomic E-state index is 0.0335. The van der Waals surface area contributed by atoms with E-state index in [1.807, 2.05) is 11.8 Å². The van der Waals surface area contributed by atoms with Crippen LogP contribution < -0.4 is 10.2 Å². The molecule has 1 aliphatic rings. The molecule has 1 aromatic carbocycles. The van der Waals surface area contributed by atoms with Crippen molar-refractivity contribution in [2.24, 2.45) is 0 Å². The van der Waals surface area contributed by atoms with Crippen LogP contribution in [-0.4, -0.2) is 35.6 Å². The van der Waals surface area contributed by atoms with Crippen molar-refractivity contribution >= 4 is 28.7 Å². The summed E-state index contributed by atoms with van der Waals surface area (Å²) in [5.74, 6) is 0. The predicted octanol–water partition coefficient (Wildman–Crippen LogP) is 4.36. The monoisotopic (exact) mass is 396 g/mol. The van der Waals surface area contributed by atoms with Crippen LogP contribution in [0.25, 0.3) is 22.4 Å². The standard InChI is InChI=1S/C18H16ClF3N4O/c1-10-9-23-6-7-26(10)17-25-15-14(18(20,21)22)12(19)8-11(16(15)27-17)13-4-2-3-5-24-13/h2-5,8,10,23H,6-7,9H2,1H3/t10-/m1/s1. The first-order valence-electron chi connectivity index (χ1n) is 8.45. The molecule has 0 bridgehead atoms. The van der Waals surface area contributed by atoms with E-state index < -0.39 is 16.8 Å². The van der Waals surface area contributed by atoms with Crippen LogP contribution in [0.1, 0.15) is 12.5 Å². The number of fused-ring (bicyclic) bond motifs is 1. The van der Waals surface area contributed by atoms with Gasteiger partial charge in [-0.05, 0) is 25.1 Å². The lowest BCUT2D eigenvalue weighted by molar-refractivity contribution is -0.136. The highest BCUT2D eigenvalue weighted by Crippen LogP contribution is 2.44. The van der Waals surface area contributed by atoms with Crippen molar-refractivity contribution in [1.82, 2.24) is 15.3 Å². The summed E-state index contributed by atoms with van der Waals surface area (Å²) in [5.41, 5.74) is -0.404. The number of aromatic nitrogens is 2. The third-order valence-electron chi connectivity index (χ3n) is 4.58. The molecule has 142 valence electrons. The maximum absolute atomic E-state index is 13.6. The number of nitrogens with zero attached hydrogens (tertiary/aromatic N) is 3. The fourth-order valence-corrected chi connectivity index (χ4v) is 3.57. The molecule has 1 atom stereocenters. The molecule has 1 fully saturated rings. The number of alkyl halides is 3. The summed E-state index contributed by atoms with van der Waals surface area (Å²) >= 11 is 6.01. The van der Waals surface area contributed by atoms with Crippen LogP contribution in [0.3, 0.4) is 0 Å². The Morgan fingerprint density at radius 3 is 2.81 bits per heavy atom. The van der Waals surface area contributed by atoms with Gasteiger partial charge in [0.05, 0.1) is 10.7 Å². The van der Waals surface area contributed by atoms with E-state index in [1.165, 1.54) is 6.07 Å². The molecule has 1 N–H and O–H groups in total. The Morgan fingerprint density at radius 2 is 2.15 bits per heavy atom. The van der Waals surface area contributed by atoms with Crippen molar-refractivity contribution in [3.63, 3.8) is 0 Å². The zero-order chi connectivity index (χ0) is 19.2. The fraction of sp³-hybridized carbons (Fsp3) is 0.333. The van der Waals surface area contributed by atoms with Gasteiger partial charge in [-0.3, -0.25) is 4.98 Å². The van der Waals surface area contributed by atoms with Crippen molar-refractivity contribution < 1.29 is 17.6 Å². The van der Waals surface area contributed by atoms with Gasteiger partial charge >= 0.3 is 6.18 Å². The normalized spacial score (nSPS) is 18.3. The van der Waals surface area contributed by atoms with Gasteiger partial charge in [0.15, 0.2) is 5.58 Å². The van der Waals surface area contributed by atoms with Gasteiger partial charge < -0.3 is 14.6 Å². The number of benzene rings is 1. The molecule has 0 saturated carbocycles. The van der Waals surface area contributed by atoms with E-state index in [1.54, 1.807) is 24.4 Å². The van der Waals surface area contributed by atoms with Crippen LogP contribution in [0.5, 0.6) is 0 Å². The van der Waals surface area contributed by atoms with Crippen LogP contribution in [0.4, 0.5) is 19.2 Å². The molecule has 3 heterocycles. The Hall–Kier alpha value is -2.32. The van der Waals surface area contributed by atoms with Gasteiger partial charge in [-0.15, -0.1) is 0 Å². The predicted molar refractivity (Wildman–Crippen MR) is 96.9 cm³/mol. The van der Waals surface area contributed by atoms with E-state index in [4.69, 9.17) is 16.0 Å². The average molecular weight is 397 g/mol. The van der Waals surface area contributed by atoms with Gasteiger partial charge in [-0.1, -0.05) is 17.7 Å². The van der Waals surface area contributed by atoms with Gasteiger partial charge in [-0.2, -0.15) is 18.2 Å². The van der Waals surface area contributed by atoms with Gasteiger partial charge in [0.1, 0.15) is 11.1 Å². The molecular formula is C18H16ClF3N4O. The zero-order valence-electron chi connectivity index (χ0n) is 14.3. The summed E-state index contributed by atoms with van der Waals surface area (Å²) in [7, 11) is 0. The highest BCUT2D eigenvalue weighted by molar-refractivity contribution is 6.33. The summed E-state index contributed by atoms with van der Waals surface area (Å²) < 4.78 is 46.7. The number of piperazine rings is 1.